The monoisotopic (exact) mass is 276 g/mol. The fourth-order valence-electron chi connectivity index (χ4n) is 3.23. The summed E-state index contributed by atoms with van der Waals surface area (Å²) >= 11 is 0. The van der Waals surface area contributed by atoms with Gasteiger partial charge in [-0.1, -0.05) is 50.6 Å². The van der Waals surface area contributed by atoms with E-state index in [1.54, 1.807) is 0 Å². The molecule has 114 valence electrons. The molecule has 2 unspecified atom stereocenters. The summed E-state index contributed by atoms with van der Waals surface area (Å²) in [5, 5.41) is 3.56. The molecule has 0 saturated carbocycles. The first kappa shape index (κ1) is 17.2. The summed E-state index contributed by atoms with van der Waals surface area (Å²) in [7, 11) is 2.09. The van der Waals surface area contributed by atoms with E-state index in [1.165, 1.54) is 11.1 Å². The van der Waals surface area contributed by atoms with Crippen molar-refractivity contribution >= 4 is 0 Å². The average Bonchev–Trinajstić information content (AvgIpc) is 2.47. The highest BCUT2D eigenvalue weighted by Crippen LogP contribution is 2.26. The van der Waals surface area contributed by atoms with Gasteiger partial charge in [0.2, 0.25) is 0 Å². The van der Waals surface area contributed by atoms with Crippen LogP contribution in [0.25, 0.3) is 0 Å². The number of hydrogen-bond donors (Lipinski definition) is 1. The Bertz CT molecular complexity index is 381. The molecule has 1 N–H and O–H groups in total. The molecule has 0 heterocycles. The van der Waals surface area contributed by atoms with Crippen LogP contribution in [0.4, 0.5) is 0 Å². The van der Waals surface area contributed by atoms with E-state index in [-0.39, 0.29) is 5.54 Å². The number of rotatable bonds is 8. The van der Waals surface area contributed by atoms with Crippen molar-refractivity contribution in [2.24, 2.45) is 0 Å². The molecule has 1 aromatic rings. The Kier molecular flexibility index (Phi) is 6.70. The van der Waals surface area contributed by atoms with Gasteiger partial charge >= 0.3 is 0 Å². The van der Waals surface area contributed by atoms with Crippen molar-refractivity contribution in [2.75, 3.05) is 20.1 Å². The Morgan fingerprint density at radius 3 is 2.05 bits per heavy atom. The molecular formula is C18H32N2. The largest absolute Gasteiger partial charge is 0.315 e. The summed E-state index contributed by atoms with van der Waals surface area (Å²) in [6, 6.07) is 9.41. The molecule has 0 aliphatic heterocycles. The third-order valence-electron chi connectivity index (χ3n) is 4.86. The molecule has 2 heteroatoms. The zero-order valence-corrected chi connectivity index (χ0v) is 14.2. The lowest BCUT2D eigenvalue weighted by molar-refractivity contribution is 0.0730. The Morgan fingerprint density at radius 1 is 1.10 bits per heavy atom. The van der Waals surface area contributed by atoms with Crippen LogP contribution in [-0.2, 0) is 6.42 Å². The van der Waals surface area contributed by atoms with Crippen molar-refractivity contribution in [1.82, 2.24) is 10.2 Å². The summed E-state index contributed by atoms with van der Waals surface area (Å²) in [5.41, 5.74) is 2.95. The maximum atomic E-state index is 3.56. The molecule has 0 aromatic heterocycles. The third kappa shape index (κ3) is 3.83. The molecular weight excluding hydrogens is 244 g/mol. The third-order valence-corrected chi connectivity index (χ3v) is 4.86. The van der Waals surface area contributed by atoms with Crippen LogP contribution in [0.15, 0.2) is 24.3 Å². The summed E-state index contributed by atoms with van der Waals surface area (Å²) in [6.07, 6.45) is 2.24. The lowest BCUT2D eigenvalue weighted by atomic mass is 9.83. The second-order valence-corrected chi connectivity index (χ2v) is 5.91. The normalized spacial score (nSPS) is 16.1. The molecule has 1 rings (SSSR count). The fourth-order valence-corrected chi connectivity index (χ4v) is 3.23. The molecule has 0 fully saturated rings. The van der Waals surface area contributed by atoms with E-state index < -0.39 is 0 Å². The first-order chi connectivity index (χ1) is 9.51. The van der Waals surface area contributed by atoms with E-state index in [9.17, 15) is 0 Å². The van der Waals surface area contributed by atoms with Gasteiger partial charge in [-0.2, -0.15) is 0 Å². The topological polar surface area (TPSA) is 15.3 Å². The Morgan fingerprint density at radius 2 is 1.65 bits per heavy atom. The first-order valence-corrected chi connectivity index (χ1v) is 7.99. The van der Waals surface area contributed by atoms with Crippen LogP contribution < -0.4 is 5.32 Å². The number of likely N-dealkylation sites (N-methyl/N-ethyl adjacent to an activating group) is 2. The molecule has 0 amide bonds. The van der Waals surface area contributed by atoms with E-state index in [0.717, 1.165) is 25.9 Å². The number of aryl methyl sites for hydroxylation is 1. The highest BCUT2D eigenvalue weighted by molar-refractivity contribution is 5.23. The fraction of sp³-hybridized carbons (Fsp3) is 0.667. The van der Waals surface area contributed by atoms with Gasteiger partial charge in [0.25, 0.3) is 0 Å². The summed E-state index contributed by atoms with van der Waals surface area (Å²) in [4.78, 5) is 2.59. The summed E-state index contributed by atoms with van der Waals surface area (Å²) in [5.74, 6) is 0. The van der Waals surface area contributed by atoms with Gasteiger partial charge in [-0.3, -0.25) is 4.90 Å². The minimum absolute atomic E-state index is 0.198. The molecule has 20 heavy (non-hydrogen) atoms. The summed E-state index contributed by atoms with van der Waals surface area (Å²) < 4.78 is 0. The van der Waals surface area contributed by atoms with Gasteiger partial charge in [0.05, 0.1) is 0 Å². The maximum absolute atomic E-state index is 3.56. The van der Waals surface area contributed by atoms with Crippen molar-refractivity contribution < 1.29 is 0 Å². The predicted octanol–water partition coefficient (Wildman–Crippen LogP) is 3.64. The van der Waals surface area contributed by atoms with Crippen LogP contribution in [0.2, 0.25) is 0 Å². The Hall–Kier alpha value is -0.860. The second kappa shape index (κ2) is 7.80. The van der Waals surface area contributed by atoms with Gasteiger partial charge in [0.1, 0.15) is 0 Å². The minimum Gasteiger partial charge on any atom is -0.315 e. The zero-order chi connectivity index (χ0) is 15.2. The molecule has 2 atom stereocenters. The maximum Gasteiger partial charge on any atom is 0.0334 e. The molecule has 2 nitrogen and oxygen atoms in total. The quantitative estimate of drug-likeness (QED) is 0.780. The SMILES string of the molecule is CCN(CC)C(C)(CC)C(Cc1ccc(C)cc1)NC. The van der Waals surface area contributed by atoms with Crippen molar-refractivity contribution in [2.45, 2.75) is 59.0 Å². The number of benzene rings is 1. The van der Waals surface area contributed by atoms with Crippen LogP contribution in [0.5, 0.6) is 0 Å². The predicted molar refractivity (Wildman–Crippen MR) is 89.3 cm³/mol. The van der Waals surface area contributed by atoms with Crippen LogP contribution in [0, 0.1) is 6.92 Å². The molecule has 0 radical (unpaired) electrons. The lowest BCUT2D eigenvalue weighted by Gasteiger charge is -2.46. The minimum atomic E-state index is 0.198. The van der Waals surface area contributed by atoms with Crippen molar-refractivity contribution in [3.63, 3.8) is 0 Å². The zero-order valence-electron chi connectivity index (χ0n) is 14.2. The van der Waals surface area contributed by atoms with E-state index in [4.69, 9.17) is 0 Å². The van der Waals surface area contributed by atoms with Gasteiger partial charge in [-0.15, -0.1) is 0 Å². The molecule has 0 saturated heterocycles. The molecule has 0 aliphatic rings. The average molecular weight is 276 g/mol. The van der Waals surface area contributed by atoms with E-state index >= 15 is 0 Å². The molecule has 1 aromatic carbocycles. The smallest absolute Gasteiger partial charge is 0.0334 e. The molecule has 0 spiro atoms. The van der Waals surface area contributed by atoms with Crippen molar-refractivity contribution in [3.05, 3.63) is 35.4 Å². The second-order valence-electron chi connectivity index (χ2n) is 5.91. The van der Waals surface area contributed by atoms with Crippen LogP contribution >= 0.6 is 0 Å². The number of nitrogens with one attached hydrogen (secondary N) is 1. The Labute approximate surface area is 125 Å². The van der Waals surface area contributed by atoms with E-state index in [1.807, 2.05) is 0 Å². The standard InChI is InChI=1S/C18H32N2/c1-7-18(5,20(8-2)9-3)17(19-6)14-16-12-10-15(4)11-13-16/h10-13,17,19H,7-9,14H2,1-6H3. The highest BCUT2D eigenvalue weighted by atomic mass is 15.2. The number of nitrogens with zero attached hydrogens (tertiary/aromatic N) is 1. The van der Waals surface area contributed by atoms with Gasteiger partial charge < -0.3 is 5.32 Å². The molecule has 0 bridgehead atoms. The van der Waals surface area contributed by atoms with Crippen molar-refractivity contribution in [3.8, 4) is 0 Å². The van der Waals surface area contributed by atoms with Gasteiger partial charge in [0.15, 0.2) is 0 Å². The lowest BCUT2D eigenvalue weighted by Crippen LogP contribution is -2.59. The van der Waals surface area contributed by atoms with E-state index in [0.29, 0.717) is 6.04 Å². The first-order valence-electron chi connectivity index (χ1n) is 7.99. The van der Waals surface area contributed by atoms with Crippen LogP contribution in [-0.4, -0.2) is 36.6 Å². The van der Waals surface area contributed by atoms with Crippen LogP contribution in [0.1, 0.15) is 45.2 Å². The van der Waals surface area contributed by atoms with Gasteiger partial charge in [0, 0.05) is 11.6 Å². The van der Waals surface area contributed by atoms with Gasteiger partial charge in [-0.05, 0) is 52.4 Å². The van der Waals surface area contributed by atoms with E-state index in [2.05, 4.69) is 76.1 Å². The number of hydrogen-bond acceptors (Lipinski definition) is 2. The van der Waals surface area contributed by atoms with Gasteiger partial charge in [-0.25, -0.2) is 0 Å². The molecule has 0 aliphatic carbocycles. The Balaban J connectivity index is 2.94. The highest BCUT2D eigenvalue weighted by Gasteiger charge is 2.35. The van der Waals surface area contributed by atoms with Crippen molar-refractivity contribution in [1.29, 1.82) is 0 Å². The van der Waals surface area contributed by atoms with Crippen LogP contribution in [0.3, 0.4) is 0 Å². The summed E-state index contributed by atoms with van der Waals surface area (Å²) in [6.45, 7) is 13.6.